The van der Waals surface area contributed by atoms with Crippen molar-refractivity contribution in [1.29, 1.82) is 0 Å². The summed E-state index contributed by atoms with van der Waals surface area (Å²) in [5.41, 5.74) is 2.01. The molecule has 2 N–H and O–H groups in total. The fourth-order valence-electron chi connectivity index (χ4n) is 2.12. The Kier molecular flexibility index (Phi) is 5.55. The van der Waals surface area contributed by atoms with Crippen LogP contribution in [0.2, 0.25) is 0 Å². The lowest BCUT2D eigenvalue weighted by atomic mass is 9.84. The molecule has 0 unspecified atom stereocenters. The molecular formula is C17H22FN3S. The molecule has 0 spiro atoms. The molecule has 2 aromatic rings. The van der Waals surface area contributed by atoms with Crippen LogP contribution in [0.1, 0.15) is 25.0 Å². The van der Waals surface area contributed by atoms with Crippen LogP contribution in [0.3, 0.4) is 0 Å². The monoisotopic (exact) mass is 319 g/mol. The first kappa shape index (κ1) is 16.5. The zero-order valence-corrected chi connectivity index (χ0v) is 14.0. The number of benzene rings is 1. The molecule has 2 rings (SSSR count). The van der Waals surface area contributed by atoms with Crippen LogP contribution in [0.25, 0.3) is 0 Å². The maximum atomic E-state index is 13.4. The number of hydrogen-bond donors (Lipinski definition) is 2. The second kappa shape index (κ2) is 7.40. The highest BCUT2D eigenvalue weighted by atomic mass is 32.1. The topological polar surface area (TPSA) is 36.4 Å². The fourth-order valence-corrected chi connectivity index (χ4v) is 2.78. The normalized spacial score (nSPS) is 12.3. The van der Waals surface area contributed by atoms with Gasteiger partial charge in [-0.1, -0.05) is 26.0 Å². The summed E-state index contributed by atoms with van der Waals surface area (Å²) in [5, 5.41) is 10.8. The van der Waals surface area contributed by atoms with Gasteiger partial charge in [0, 0.05) is 25.6 Å². The van der Waals surface area contributed by atoms with Crippen LogP contribution in [0.5, 0.6) is 0 Å². The second-order valence-corrected chi connectivity index (χ2v) is 6.59. The summed E-state index contributed by atoms with van der Waals surface area (Å²) in [6, 6.07) is 8.83. The van der Waals surface area contributed by atoms with Crippen molar-refractivity contribution < 1.29 is 4.39 Å². The van der Waals surface area contributed by atoms with Gasteiger partial charge in [-0.3, -0.25) is 4.99 Å². The Morgan fingerprint density at radius 1 is 1.27 bits per heavy atom. The SMILES string of the molecule is CN=C(NCc1ccsc1)NCC(C)(C)c1cccc(F)c1. The average molecular weight is 319 g/mol. The van der Waals surface area contributed by atoms with E-state index >= 15 is 0 Å². The molecule has 1 aromatic heterocycles. The third kappa shape index (κ3) is 4.56. The number of thiophene rings is 1. The van der Waals surface area contributed by atoms with E-state index in [0.29, 0.717) is 6.54 Å². The lowest BCUT2D eigenvalue weighted by Crippen LogP contribution is -2.43. The number of guanidine groups is 1. The number of aliphatic imine (C=N–C) groups is 1. The maximum Gasteiger partial charge on any atom is 0.191 e. The first-order valence-electron chi connectivity index (χ1n) is 7.23. The van der Waals surface area contributed by atoms with Gasteiger partial charge in [-0.15, -0.1) is 0 Å². The van der Waals surface area contributed by atoms with Gasteiger partial charge in [0.05, 0.1) is 0 Å². The van der Waals surface area contributed by atoms with Crippen LogP contribution in [0.4, 0.5) is 4.39 Å². The van der Waals surface area contributed by atoms with E-state index in [1.165, 1.54) is 11.6 Å². The minimum Gasteiger partial charge on any atom is -0.356 e. The Balaban J connectivity index is 1.91. The molecule has 0 radical (unpaired) electrons. The van der Waals surface area contributed by atoms with Crippen molar-refractivity contribution >= 4 is 17.3 Å². The maximum absolute atomic E-state index is 13.4. The minimum absolute atomic E-state index is 0.192. The largest absolute Gasteiger partial charge is 0.356 e. The molecule has 0 atom stereocenters. The van der Waals surface area contributed by atoms with Crippen molar-refractivity contribution in [3.05, 3.63) is 58.0 Å². The molecule has 1 aromatic carbocycles. The van der Waals surface area contributed by atoms with Gasteiger partial charge in [-0.2, -0.15) is 11.3 Å². The highest BCUT2D eigenvalue weighted by Gasteiger charge is 2.21. The van der Waals surface area contributed by atoms with Gasteiger partial charge >= 0.3 is 0 Å². The van der Waals surface area contributed by atoms with Crippen LogP contribution < -0.4 is 10.6 Å². The van der Waals surface area contributed by atoms with Gasteiger partial charge < -0.3 is 10.6 Å². The number of nitrogens with zero attached hydrogens (tertiary/aromatic N) is 1. The predicted molar refractivity (Wildman–Crippen MR) is 91.9 cm³/mol. The van der Waals surface area contributed by atoms with E-state index in [1.54, 1.807) is 30.5 Å². The van der Waals surface area contributed by atoms with Crippen LogP contribution in [0.15, 0.2) is 46.1 Å². The van der Waals surface area contributed by atoms with E-state index in [1.807, 2.05) is 6.07 Å². The van der Waals surface area contributed by atoms with Gasteiger partial charge in [0.1, 0.15) is 5.82 Å². The van der Waals surface area contributed by atoms with Gasteiger partial charge in [-0.25, -0.2) is 4.39 Å². The van der Waals surface area contributed by atoms with Gasteiger partial charge in [-0.05, 0) is 40.1 Å². The summed E-state index contributed by atoms with van der Waals surface area (Å²) in [6.07, 6.45) is 0. The second-order valence-electron chi connectivity index (χ2n) is 5.81. The number of nitrogens with one attached hydrogen (secondary N) is 2. The van der Waals surface area contributed by atoms with Gasteiger partial charge in [0.25, 0.3) is 0 Å². The molecule has 0 saturated heterocycles. The highest BCUT2D eigenvalue weighted by Crippen LogP contribution is 2.22. The van der Waals surface area contributed by atoms with E-state index in [4.69, 9.17) is 0 Å². The van der Waals surface area contributed by atoms with Crippen LogP contribution in [-0.4, -0.2) is 19.6 Å². The van der Waals surface area contributed by atoms with Crippen molar-refractivity contribution in [1.82, 2.24) is 10.6 Å². The third-order valence-electron chi connectivity index (χ3n) is 3.57. The third-order valence-corrected chi connectivity index (χ3v) is 4.30. The lowest BCUT2D eigenvalue weighted by Gasteiger charge is -2.26. The molecule has 0 fully saturated rings. The first-order chi connectivity index (χ1) is 10.5. The molecule has 0 aliphatic carbocycles. The van der Waals surface area contributed by atoms with Crippen LogP contribution in [-0.2, 0) is 12.0 Å². The first-order valence-corrected chi connectivity index (χ1v) is 8.17. The summed E-state index contributed by atoms with van der Waals surface area (Å²) in [7, 11) is 1.75. The Bertz CT molecular complexity index is 621. The van der Waals surface area contributed by atoms with Crippen molar-refractivity contribution in [3.63, 3.8) is 0 Å². The molecule has 0 bridgehead atoms. The van der Waals surface area contributed by atoms with Gasteiger partial charge in [0.15, 0.2) is 5.96 Å². The Morgan fingerprint density at radius 3 is 2.73 bits per heavy atom. The van der Waals surface area contributed by atoms with E-state index in [9.17, 15) is 4.39 Å². The van der Waals surface area contributed by atoms with Crippen LogP contribution in [0, 0.1) is 5.82 Å². The van der Waals surface area contributed by atoms with E-state index in [0.717, 1.165) is 18.1 Å². The molecule has 118 valence electrons. The molecule has 1 heterocycles. The summed E-state index contributed by atoms with van der Waals surface area (Å²) in [6.45, 7) is 5.57. The van der Waals surface area contributed by atoms with E-state index in [2.05, 4.69) is 46.3 Å². The highest BCUT2D eigenvalue weighted by molar-refractivity contribution is 7.07. The number of hydrogen-bond acceptors (Lipinski definition) is 2. The number of rotatable bonds is 5. The zero-order chi connectivity index (χ0) is 16.0. The molecule has 5 heteroatoms. The Labute approximate surface area is 135 Å². The summed E-state index contributed by atoms with van der Waals surface area (Å²) in [5.74, 6) is 0.543. The predicted octanol–water partition coefficient (Wildman–Crippen LogP) is 3.53. The van der Waals surface area contributed by atoms with Crippen molar-refractivity contribution in [2.75, 3.05) is 13.6 Å². The molecule has 22 heavy (non-hydrogen) atoms. The van der Waals surface area contributed by atoms with Crippen molar-refractivity contribution in [3.8, 4) is 0 Å². The van der Waals surface area contributed by atoms with E-state index in [-0.39, 0.29) is 11.2 Å². The molecule has 0 saturated carbocycles. The summed E-state index contributed by atoms with van der Waals surface area (Å²) < 4.78 is 13.4. The smallest absolute Gasteiger partial charge is 0.191 e. The Morgan fingerprint density at radius 2 is 2.09 bits per heavy atom. The van der Waals surface area contributed by atoms with Crippen LogP contribution >= 0.6 is 11.3 Å². The molecule has 3 nitrogen and oxygen atoms in total. The average Bonchev–Trinajstić information content (AvgIpc) is 3.01. The van der Waals surface area contributed by atoms with Gasteiger partial charge in [0.2, 0.25) is 0 Å². The minimum atomic E-state index is -0.203. The van der Waals surface area contributed by atoms with Crippen molar-refractivity contribution in [2.45, 2.75) is 25.8 Å². The molecule has 0 aliphatic rings. The van der Waals surface area contributed by atoms with E-state index < -0.39 is 0 Å². The molecule has 0 aliphatic heterocycles. The Hall–Kier alpha value is -1.88. The molecular weight excluding hydrogens is 297 g/mol. The number of halogens is 1. The lowest BCUT2D eigenvalue weighted by molar-refractivity contribution is 0.503. The fraction of sp³-hybridized carbons (Fsp3) is 0.353. The zero-order valence-electron chi connectivity index (χ0n) is 13.2. The molecule has 0 amide bonds. The quantitative estimate of drug-likeness (QED) is 0.653. The summed E-state index contributed by atoms with van der Waals surface area (Å²) >= 11 is 1.68. The summed E-state index contributed by atoms with van der Waals surface area (Å²) in [4.78, 5) is 4.23. The standard InChI is InChI=1S/C17H22FN3S/c1-17(2,14-5-4-6-15(18)9-14)12-21-16(19-3)20-10-13-7-8-22-11-13/h4-9,11H,10,12H2,1-3H3,(H2,19,20,21). The van der Waals surface area contributed by atoms with Crippen molar-refractivity contribution in [2.24, 2.45) is 4.99 Å².